The third-order valence-electron chi connectivity index (χ3n) is 2.03. The van der Waals surface area contributed by atoms with Gasteiger partial charge in [0.1, 0.15) is 18.1 Å². The average molecular weight is 231 g/mol. The van der Waals surface area contributed by atoms with Crippen molar-refractivity contribution in [2.45, 2.75) is 24.8 Å². The van der Waals surface area contributed by atoms with E-state index in [0.29, 0.717) is 4.57 Å². The van der Waals surface area contributed by atoms with Crippen molar-refractivity contribution in [1.82, 2.24) is 9.55 Å². The Hall–Kier alpha value is -1.44. The monoisotopic (exact) mass is 231 g/mol. The van der Waals surface area contributed by atoms with Crippen molar-refractivity contribution in [3.8, 4) is 0 Å². The summed E-state index contributed by atoms with van der Waals surface area (Å²) in [6.45, 7) is -1.12. The second kappa shape index (κ2) is 4.20. The van der Waals surface area contributed by atoms with Crippen LogP contribution in [0.1, 0.15) is 18.1 Å². The van der Waals surface area contributed by atoms with Gasteiger partial charge in [0.2, 0.25) is 0 Å². The number of nitrogen functional groups attached to an aromatic ring is 1. The maximum Gasteiger partial charge on any atom is 0.351 e. The van der Waals surface area contributed by atoms with Gasteiger partial charge in [-0.3, -0.25) is 4.57 Å². The van der Waals surface area contributed by atoms with Crippen molar-refractivity contribution in [2.75, 3.05) is 12.3 Å². The zero-order chi connectivity index (χ0) is 15.3. The van der Waals surface area contributed by atoms with Crippen LogP contribution in [-0.2, 0) is 4.74 Å². The molecule has 1 aliphatic rings. The van der Waals surface area contributed by atoms with Gasteiger partial charge in [0.05, 0.1) is 15.4 Å². The Labute approximate surface area is 96.7 Å². The van der Waals surface area contributed by atoms with E-state index in [0.717, 1.165) is 6.20 Å². The van der Waals surface area contributed by atoms with Gasteiger partial charge in [0.15, 0.2) is 0 Å². The van der Waals surface area contributed by atoms with Gasteiger partial charge < -0.3 is 20.7 Å². The maximum absolute atomic E-state index is 11.7. The summed E-state index contributed by atoms with van der Waals surface area (Å²) in [6.07, 6.45) is -9.27. The molecule has 0 aromatic carbocycles. The van der Waals surface area contributed by atoms with Crippen LogP contribution >= 0.6 is 0 Å². The van der Waals surface area contributed by atoms with Crippen LogP contribution in [0, 0.1) is 0 Å². The Balaban J connectivity index is 2.56. The highest BCUT2D eigenvalue weighted by Gasteiger charge is 2.34. The molecule has 0 amide bonds. The number of aliphatic hydroxyl groups is 2. The minimum Gasteiger partial charge on any atom is -0.394 e. The molecule has 0 unspecified atom stereocenters. The fraction of sp³-hybridized carbons (Fsp3) is 0.556. The van der Waals surface area contributed by atoms with Gasteiger partial charge in [-0.05, 0) is 6.07 Å². The number of hydrogen-bond acceptors (Lipinski definition) is 6. The Kier molecular flexibility index (Phi) is 1.84. The first-order valence-electron chi connectivity index (χ1n) is 6.42. The lowest BCUT2D eigenvalue weighted by Gasteiger charge is -2.13. The SMILES string of the molecule is [2H]C1([2H])[C@H](n2ccc(N)nc2=O)O[C@]([2H])(CO)[C@@]1([2H])O. The van der Waals surface area contributed by atoms with Crippen LogP contribution in [-0.4, -0.2) is 38.5 Å². The number of hydrogen-bond donors (Lipinski definition) is 3. The zero-order valence-electron chi connectivity index (χ0n) is 12.1. The number of ether oxygens (including phenoxy) is 1. The quantitative estimate of drug-likeness (QED) is 0.569. The van der Waals surface area contributed by atoms with E-state index in [-0.39, 0.29) is 5.82 Å². The van der Waals surface area contributed by atoms with Crippen molar-refractivity contribution in [2.24, 2.45) is 0 Å². The standard InChI is InChI=1S/C9H13N3O4/c10-7-1-2-12(9(15)11-7)8-3-5(14)6(4-13)16-8/h1-2,5-6,8,13-14H,3-4H2,(H2,10,11,15)/t5-,6+,8+/m0/s1/i3D2,5D,6D. The van der Waals surface area contributed by atoms with E-state index in [1.54, 1.807) is 0 Å². The first-order chi connectivity index (χ1) is 9.07. The lowest BCUT2D eigenvalue weighted by Crippen LogP contribution is -2.27. The third-order valence-corrected chi connectivity index (χ3v) is 2.03. The van der Waals surface area contributed by atoms with Crippen molar-refractivity contribution in [3.05, 3.63) is 22.7 Å². The molecule has 0 saturated carbocycles. The van der Waals surface area contributed by atoms with Crippen LogP contribution in [0.2, 0.25) is 0 Å². The fourth-order valence-electron chi connectivity index (χ4n) is 1.26. The number of nitrogens with zero attached hydrogens (tertiary/aromatic N) is 2. The molecule has 1 saturated heterocycles. The van der Waals surface area contributed by atoms with Crippen LogP contribution in [0.4, 0.5) is 5.82 Å². The van der Waals surface area contributed by atoms with Crippen LogP contribution < -0.4 is 11.4 Å². The molecule has 4 N–H and O–H groups in total. The molecule has 0 spiro atoms. The van der Waals surface area contributed by atoms with Crippen molar-refractivity contribution < 1.29 is 20.4 Å². The van der Waals surface area contributed by atoms with Gasteiger partial charge in [0, 0.05) is 15.3 Å². The average Bonchev–Trinajstić information content (AvgIpc) is 2.48. The molecule has 1 aromatic heterocycles. The summed E-state index contributed by atoms with van der Waals surface area (Å²) in [6, 6.07) is 1.20. The first kappa shape index (κ1) is 7.00. The minimum atomic E-state index is -3.08. The summed E-state index contributed by atoms with van der Waals surface area (Å²) in [5.41, 5.74) is 4.34. The topological polar surface area (TPSA) is 111 Å². The molecule has 0 bridgehead atoms. The van der Waals surface area contributed by atoms with E-state index < -0.39 is 37.1 Å². The molecule has 1 aromatic rings. The second-order valence-corrected chi connectivity index (χ2v) is 3.09. The predicted octanol–water partition coefficient (Wildman–Crippen LogP) is -1.53. The Morgan fingerprint density at radius 1 is 1.88 bits per heavy atom. The molecule has 1 fully saturated rings. The molecule has 0 aliphatic carbocycles. The number of rotatable bonds is 2. The lowest BCUT2D eigenvalue weighted by molar-refractivity contribution is -0.0458. The van der Waals surface area contributed by atoms with Gasteiger partial charge in [-0.2, -0.15) is 4.98 Å². The maximum atomic E-state index is 11.7. The molecular weight excluding hydrogens is 214 g/mol. The number of anilines is 1. The first-order valence-corrected chi connectivity index (χ1v) is 4.42. The van der Waals surface area contributed by atoms with Gasteiger partial charge in [-0.1, -0.05) is 0 Å². The van der Waals surface area contributed by atoms with Crippen LogP contribution in [0.5, 0.6) is 0 Å². The molecule has 7 heteroatoms. The smallest absolute Gasteiger partial charge is 0.351 e. The van der Waals surface area contributed by atoms with Crippen molar-refractivity contribution in [3.63, 3.8) is 0 Å². The van der Waals surface area contributed by atoms with E-state index in [1.165, 1.54) is 6.07 Å². The van der Waals surface area contributed by atoms with Gasteiger partial charge in [0.25, 0.3) is 0 Å². The molecule has 1 aliphatic heterocycles. The molecule has 0 radical (unpaired) electrons. The summed E-state index contributed by atoms with van der Waals surface area (Å²) in [4.78, 5) is 15.1. The molecule has 88 valence electrons. The highest BCUT2D eigenvalue weighted by Crippen LogP contribution is 2.27. The van der Waals surface area contributed by atoms with Crippen LogP contribution in [0.25, 0.3) is 0 Å². The van der Waals surface area contributed by atoms with Gasteiger partial charge in [-0.25, -0.2) is 4.79 Å². The number of nitrogens with two attached hydrogens (primary N) is 1. The second-order valence-electron chi connectivity index (χ2n) is 3.09. The summed E-state index contributed by atoms with van der Waals surface area (Å²) < 4.78 is 36.3. The molecular formula is C9H13N3O4. The summed E-state index contributed by atoms with van der Waals surface area (Å²) in [5, 5.41) is 19.0. The largest absolute Gasteiger partial charge is 0.394 e. The summed E-state index contributed by atoms with van der Waals surface area (Å²) >= 11 is 0. The third kappa shape index (κ3) is 1.92. The van der Waals surface area contributed by atoms with E-state index in [4.69, 9.17) is 21.1 Å². The minimum absolute atomic E-state index is 0.0924. The van der Waals surface area contributed by atoms with Crippen LogP contribution in [0.3, 0.4) is 0 Å². The van der Waals surface area contributed by atoms with Crippen molar-refractivity contribution in [1.29, 1.82) is 0 Å². The summed E-state index contributed by atoms with van der Waals surface area (Å²) in [5.74, 6) is -0.0924. The highest BCUT2D eigenvalue weighted by molar-refractivity contribution is 5.23. The van der Waals surface area contributed by atoms with Crippen LogP contribution in [0.15, 0.2) is 17.1 Å². The lowest BCUT2D eigenvalue weighted by atomic mass is 10.2. The normalized spacial score (nSPS) is 45.5. The Morgan fingerprint density at radius 2 is 2.62 bits per heavy atom. The zero-order valence-corrected chi connectivity index (χ0v) is 8.12. The molecule has 2 heterocycles. The summed E-state index contributed by atoms with van der Waals surface area (Å²) in [7, 11) is 0. The van der Waals surface area contributed by atoms with Gasteiger partial charge in [-0.15, -0.1) is 0 Å². The fourth-order valence-corrected chi connectivity index (χ4v) is 1.26. The van der Waals surface area contributed by atoms with Gasteiger partial charge >= 0.3 is 5.69 Å². The van der Waals surface area contributed by atoms with E-state index in [2.05, 4.69) is 4.98 Å². The molecule has 16 heavy (non-hydrogen) atoms. The Morgan fingerprint density at radius 3 is 3.19 bits per heavy atom. The van der Waals surface area contributed by atoms with E-state index >= 15 is 0 Å². The van der Waals surface area contributed by atoms with Crippen molar-refractivity contribution >= 4 is 5.82 Å². The highest BCUT2D eigenvalue weighted by atomic mass is 16.5. The molecule has 3 atom stereocenters. The number of aromatic nitrogens is 2. The van der Waals surface area contributed by atoms with E-state index in [9.17, 15) is 9.90 Å². The Bertz CT molecular complexity index is 593. The van der Waals surface area contributed by atoms with E-state index in [1.807, 2.05) is 0 Å². The predicted molar refractivity (Wildman–Crippen MR) is 54.5 cm³/mol. The molecule has 7 nitrogen and oxygen atoms in total. The molecule has 2 rings (SSSR count). The number of aliphatic hydroxyl groups excluding tert-OH is 1.